The molecule has 12 nitrogen and oxygen atoms in total. The maximum atomic E-state index is 13.3. The van der Waals surface area contributed by atoms with Gasteiger partial charge in [0.15, 0.2) is 0 Å². The van der Waals surface area contributed by atoms with Gasteiger partial charge in [-0.3, -0.25) is 19.1 Å². The normalized spacial score (nSPS) is 17.3. The Labute approximate surface area is 207 Å². The van der Waals surface area contributed by atoms with Crippen LogP contribution in [0, 0.1) is 0 Å². The van der Waals surface area contributed by atoms with Crippen molar-refractivity contribution in [3.05, 3.63) is 59.0 Å². The molecule has 0 amide bonds. The minimum atomic E-state index is -3.35. The van der Waals surface area contributed by atoms with Crippen LogP contribution in [-0.4, -0.2) is 68.2 Å². The zero-order valence-corrected chi connectivity index (χ0v) is 21.0. The molecule has 0 aromatic carbocycles. The van der Waals surface area contributed by atoms with Gasteiger partial charge in [-0.25, -0.2) is 28.3 Å². The van der Waals surface area contributed by atoms with E-state index >= 15 is 0 Å². The Morgan fingerprint density at radius 3 is 2.61 bits per heavy atom. The van der Waals surface area contributed by atoms with Crippen molar-refractivity contribution in [1.82, 2.24) is 33.4 Å². The highest BCUT2D eigenvalue weighted by Crippen LogP contribution is 2.30. The number of nitrogens with two attached hydrogens (primary N) is 2. The molecular formula is C23H27N9O3S. The van der Waals surface area contributed by atoms with Gasteiger partial charge >= 0.3 is 5.69 Å². The Morgan fingerprint density at radius 2 is 1.97 bits per heavy atom. The van der Waals surface area contributed by atoms with Gasteiger partial charge in [-0.2, -0.15) is 0 Å². The predicted molar refractivity (Wildman–Crippen MR) is 138 cm³/mol. The van der Waals surface area contributed by atoms with Crippen LogP contribution in [-0.2, 0) is 17.1 Å². The van der Waals surface area contributed by atoms with Gasteiger partial charge in [-0.15, -0.1) is 0 Å². The first-order valence-corrected chi connectivity index (χ1v) is 13.1. The second-order valence-electron chi connectivity index (χ2n) is 9.01. The summed E-state index contributed by atoms with van der Waals surface area (Å²) < 4.78 is 28.8. The molecule has 4 aromatic heterocycles. The van der Waals surface area contributed by atoms with Crippen molar-refractivity contribution < 1.29 is 8.42 Å². The predicted octanol–water partition coefficient (Wildman–Crippen LogP) is 0.614. The van der Waals surface area contributed by atoms with Gasteiger partial charge in [-0.1, -0.05) is 0 Å². The van der Waals surface area contributed by atoms with E-state index in [4.69, 9.17) is 16.6 Å². The number of imidazole rings is 1. The Hall–Kier alpha value is -3.81. The standard InChI is InChI=1S/C23H27N9O3S/c1-29(25)13-16(24)18-5-4-14(10-26-18)17-6-7-19-21(28-17)22-20(11-27-19)30(2)23(33)32(22)15-8-9-31(12-15)36(3,34)35/h4-7,10-11,13,15H,8-9,12,24-25H2,1-3H3/b16-13-. The first kappa shape index (κ1) is 23.9. The number of aromatic nitrogens is 5. The molecule has 188 valence electrons. The van der Waals surface area contributed by atoms with Crippen LogP contribution in [0.3, 0.4) is 0 Å². The lowest BCUT2D eigenvalue weighted by Gasteiger charge is -2.15. The van der Waals surface area contributed by atoms with Gasteiger partial charge in [-0.05, 0) is 30.7 Å². The second-order valence-corrected chi connectivity index (χ2v) is 11.0. The summed E-state index contributed by atoms with van der Waals surface area (Å²) in [7, 11) is -0.0000184. The van der Waals surface area contributed by atoms with Crippen molar-refractivity contribution >= 4 is 37.8 Å². The third-order valence-corrected chi connectivity index (χ3v) is 7.69. The molecule has 0 aliphatic carbocycles. The van der Waals surface area contributed by atoms with E-state index in [1.807, 2.05) is 18.2 Å². The number of rotatable bonds is 5. The average molecular weight is 510 g/mol. The van der Waals surface area contributed by atoms with Gasteiger partial charge in [0, 0.05) is 45.1 Å². The van der Waals surface area contributed by atoms with Gasteiger partial charge in [0.05, 0.1) is 52.1 Å². The van der Waals surface area contributed by atoms with Crippen LogP contribution in [0.2, 0.25) is 0 Å². The average Bonchev–Trinajstić information content (AvgIpc) is 3.42. The van der Waals surface area contributed by atoms with Crippen molar-refractivity contribution in [2.24, 2.45) is 18.6 Å². The maximum absolute atomic E-state index is 13.3. The first-order chi connectivity index (χ1) is 17.0. The van der Waals surface area contributed by atoms with Crippen LogP contribution < -0.4 is 17.3 Å². The smallest absolute Gasteiger partial charge is 0.329 e. The number of nitrogens with zero attached hydrogens (tertiary/aromatic N) is 7. The summed E-state index contributed by atoms with van der Waals surface area (Å²) in [5, 5.41) is 1.35. The van der Waals surface area contributed by atoms with Crippen LogP contribution in [0.4, 0.5) is 0 Å². The number of aryl methyl sites for hydroxylation is 1. The third kappa shape index (κ3) is 4.10. The van der Waals surface area contributed by atoms with Crippen LogP contribution >= 0.6 is 0 Å². The molecule has 0 bridgehead atoms. The fourth-order valence-corrected chi connectivity index (χ4v) is 5.49. The third-order valence-electron chi connectivity index (χ3n) is 6.42. The van der Waals surface area contributed by atoms with E-state index in [1.54, 1.807) is 43.3 Å². The number of hydrazine groups is 1. The Morgan fingerprint density at radius 1 is 1.19 bits per heavy atom. The first-order valence-electron chi connectivity index (χ1n) is 11.3. The van der Waals surface area contributed by atoms with Gasteiger partial charge in [0.25, 0.3) is 0 Å². The molecule has 4 N–H and O–H groups in total. The molecule has 1 unspecified atom stereocenters. The quantitative estimate of drug-likeness (QED) is 0.290. The monoisotopic (exact) mass is 509 g/mol. The van der Waals surface area contributed by atoms with E-state index in [0.717, 1.165) is 5.56 Å². The molecule has 1 atom stereocenters. The topological polar surface area (TPSA) is 158 Å². The van der Waals surface area contributed by atoms with E-state index in [1.165, 1.54) is 20.1 Å². The Balaban J connectivity index is 1.63. The second kappa shape index (κ2) is 8.69. The number of fused-ring (bicyclic) bond motifs is 3. The molecule has 1 aliphatic rings. The van der Waals surface area contributed by atoms with E-state index in [-0.39, 0.29) is 18.3 Å². The van der Waals surface area contributed by atoms with E-state index in [9.17, 15) is 13.2 Å². The number of pyridine rings is 3. The minimum absolute atomic E-state index is 0.231. The van der Waals surface area contributed by atoms with Crippen molar-refractivity contribution in [2.45, 2.75) is 12.5 Å². The van der Waals surface area contributed by atoms with E-state index in [0.29, 0.717) is 52.1 Å². The molecule has 1 saturated heterocycles. The number of hydrogen-bond donors (Lipinski definition) is 2. The van der Waals surface area contributed by atoms with Gasteiger partial charge in [0.1, 0.15) is 5.52 Å². The summed E-state index contributed by atoms with van der Waals surface area (Å²) >= 11 is 0. The fourth-order valence-electron chi connectivity index (χ4n) is 4.61. The largest absolute Gasteiger partial charge is 0.396 e. The SMILES string of the molecule is CN(N)/C=C(\N)c1ccc(-c2ccc3ncc4c(c3n2)n(C2CCN(S(C)(=O)=O)C2)c(=O)n4C)cn1. The lowest BCUT2D eigenvalue weighted by Crippen LogP contribution is -2.31. The molecule has 0 spiro atoms. The molecular weight excluding hydrogens is 482 g/mol. The molecule has 0 saturated carbocycles. The molecule has 0 radical (unpaired) electrons. The van der Waals surface area contributed by atoms with Crippen LogP contribution in [0.1, 0.15) is 18.2 Å². The van der Waals surface area contributed by atoms with Crippen LogP contribution in [0.5, 0.6) is 0 Å². The molecule has 1 fully saturated rings. The van der Waals surface area contributed by atoms with E-state index < -0.39 is 10.0 Å². The van der Waals surface area contributed by atoms with Gasteiger partial charge < -0.3 is 10.7 Å². The summed E-state index contributed by atoms with van der Waals surface area (Å²) in [6.45, 7) is 0.600. The number of sulfonamides is 1. The molecule has 36 heavy (non-hydrogen) atoms. The summed E-state index contributed by atoms with van der Waals surface area (Å²) in [5.74, 6) is 5.62. The molecule has 4 aromatic rings. The van der Waals surface area contributed by atoms with Gasteiger partial charge in [0.2, 0.25) is 10.0 Å². The minimum Gasteiger partial charge on any atom is -0.396 e. The highest BCUT2D eigenvalue weighted by Gasteiger charge is 2.32. The summed E-state index contributed by atoms with van der Waals surface area (Å²) in [6.07, 6.45) is 6.62. The summed E-state index contributed by atoms with van der Waals surface area (Å²) in [4.78, 5) is 27.1. The van der Waals surface area contributed by atoms with Crippen LogP contribution in [0.15, 0.2) is 47.7 Å². The Bertz CT molecular complexity index is 1670. The van der Waals surface area contributed by atoms with Crippen molar-refractivity contribution in [3.8, 4) is 11.3 Å². The zero-order chi connectivity index (χ0) is 25.8. The highest BCUT2D eigenvalue weighted by atomic mass is 32.2. The van der Waals surface area contributed by atoms with Crippen molar-refractivity contribution in [2.75, 3.05) is 26.4 Å². The maximum Gasteiger partial charge on any atom is 0.329 e. The lowest BCUT2D eigenvalue weighted by molar-refractivity contribution is 0.454. The highest BCUT2D eigenvalue weighted by molar-refractivity contribution is 7.88. The summed E-state index contributed by atoms with van der Waals surface area (Å²) in [5.41, 5.74) is 10.7. The molecule has 5 rings (SSSR count). The summed E-state index contributed by atoms with van der Waals surface area (Å²) in [6, 6.07) is 7.04. The lowest BCUT2D eigenvalue weighted by atomic mass is 10.1. The van der Waals surface area contributed by atoms with Crippen LogP contribution in [0.25, 0.3) is 39.0 Å². The number of hydrogen-bond acceptors (Lipinski definition) is 9. The molecule has 5 heterocycles. The van der Waals surface area contributed by atoms with Crippen molar-refractivity contribution in [1.29, 1.82) is 0 Å². The zero-order valence-electron chi connectivity index (χ0n) is 20.2. The molecule has 13 heteroatoms. The van der Waals surface area contributed by atoms with E-state index in [2.05, 4.69) is 9.97 Å². The Kier molecular flexibility index (Phi) is 5.77. The van der Waals surface area contributed by atoms with Crippen molar-refractivity contribution in [3.63, 3.8) is 0 Å². The molecule has 1 aliphatic heterocycles. The fraction of sp³-hybridized carbons (Fsp3) is 0.304.